The van der Waals surface area contributed by atoms with E-state index in [-0.39, 0.29) is 30.0 Å². The Labute approximate surface area is 78.5 Å². The summed E-state index contributed by atoms with van der Waals surface area (Å²) in [5, 5.41) is 0. The summed E-state index contributed by atoms with van der Waals surface area (Å²) in [5.41, 5.74) is 4.76. The molecular weight excluding hydrogens is 192 g/mol. The van der Waals surface area contributed by atoms with Gasteiger partial charge in [-0.25, -0.2) is 8.78 Å². The number of rotatable bonds is 0. The number of nitrogen functional groups attached to an aromatic ring is 1. The highest BCUT2D eigenvalue weighted by molar-refractivity contribution is 6.01. The lowest BCUT2D eigenvalue weighted by Crippen LogP contribution is -2.19. The maximum absolute atomic E-state index is 13.2. The summed E-state index contributed by atoms with van der Waals surface area (Å²) >= 11 is 0. The van der Waals surface area contributed by atoms with Crippen molar-refractivity contribution < 1.29 is 18.3 Å². The number of ether oxygens (including phenoxy) is 1. The fraction of sp³-hybridized carbons (Fsp3) is 0.222. The summed E-state index contributed by atoms with van der Waals surface area (Å²) in [7, 11) is 0. The second kappa shape index (κ2) is 2.94. The molecule has 1 aromatic rings. The van der Waals surface area contributed by atoms with E-state index in [1.54, 1.807) is 0 Å². The van der Waals surface area contributed by atoms with Gasteiger partial charge in [0.25, 0.3) is 0 Å². The van der Waals surface area contributed by atoms with Crippen molar-refractivity contribution in [2.45, 2.75) is 6.42 Å². The standard InChI is InChI=1S/C9H7F2NO2/c10-4-3-5(11)8(12)9-7(4)6(13)1-2-14-9/h3H,1-2,12H2. The lowest BCUT2D eigenvalue weighted by Gasteiger charge is -2.18. The lowest BCUT2D eigenvalue weighted by molar-refractivity contribution is 0.0928. The highest BCUT2D eigenvalue weighted by Crippen LogP contribution is 2.34. The summed E-state index contributed by atoms with van der Waals surface area (Å²) in [4.78, 5) is 11.3. The molecule has 2 rings (SSSR count). The van der Waals surface area contributed by atoms with Crippen molar-refractivity contribution in [1.82, 2.24) is 0 Å². The van der Waals surface area contributed by atoms with Gasteiger partial charge in [0.15, 0.2) is 17.3 Å². The molecule has 1 aliphatic heterocycles. The van der Waals surface area contributed by atoms with Gasteiger partial charge >= 0.3 is 0 Å². The fourth-order valence-electron chi connectivity index (χ4n) is 1.39. The third-order valence-corrected chi connectivity index (χ3v) is 2.08. The number of fused-ring (bicyclic) bond motifs is 1. The molecule has 0 atom stereocenters. The molecular formula is C9H7F2NO2. The minimum absolute atomic E-state index is 0.0923. The number of hydrogen-bond donors (Lipinski definition) is 1. The van der Waals surface area contributed by atoms with Gasteiger partial charge in [-0.15, -0.1) is 0 Å². The largest absolute Gasteiger partial charge is 0.490 e. The monoisotopic (exact) mass is 199 g/mol. The van der Waals surface area contributed by atoms with Crippen LogP contribution >= 0.6 is 0 Å². The van der Waals surface area contributed by atoms with Gasteiger partial charge in [-0.2, -0.15) is 0 Å². The van der Waals surface area contributed by atoms with Crippen LogP contribution in [0, 0.1) is 11.6 Å². The van der Waals surface area contributed by atoms with Crippen LogP contribution in [0.1, 0.15) is 16.8 Å². The highest BCUT2D eigenvalue weighted by Gasteiger charge is 2.26. The predicted octanol–water partition coefficient (Wildman–Crippen LogP) is 1.51. The number of carbonyl (C=O) groups excluding carboxylic acids is 1. The molecule has 3 nitrogen and oxygen atoms in total. The quantitative estimate of drug-likeness (QED) is 0.644. The van der Waals surface area contributed by atoms with Crippen molar-refractivity contribution in [3.8, 4) is 5.75 Å². The Morgan fingerprint density at radius 1 is 1.36 bits per heavy atom. The van der Waals surface area contributed by atoms with Crippen LogP contribution in [0.2, 0.25) is 0 Å². The van der Waals surface area contributed by atoms with E-state index in [0.29, 0.717) is 6.07 Å². The van der Waals surface area contributed by atoms with Crippen molar-refractivity contribution >= 4 is 11.5 Å². The van der Waals surface area contributed by atoms with Crippen LogP contribution in [0.25, 0.3) is 0 Å². The normalized spacial score (nSPS) is 14.9. The maximum Gasteiger partial charge on any atom is 0.173 e. The first kappa shape index (κ1) is 8.93. The molecule has 0 aromatic heterocycles. The average molecular weight is 199 g/mol. The van der Waals surface area contributed by atoms with Crippen LogP contribution in [0.4, 0.5) is 14.5 Å². The number of carbonyl (C=O) groups is 1. The molecule has 0 saturated heterocycles. The molecule has 74 valence electrons. The van der Waals surface area contributed by atoms with Gasteiger partial charge in [0, 0.05) is 12.5 Å². The second-order valence-electron chi connectivity index (χ2n) is 2.98. The molecule has 5 heteroatoms. The van der Waals surface area contributed by atoms with Gasteiger partial charge in [-0.3, -0.25) is 4.79 Å². The Bertz CT molecular complexity index is 418. The van der Waals surface area contributed by atoms with Crippen LogP contribution in [-0.2, 0) is 0 Å². The Balaban J connectivity index is 2.72. The molecule has 0 bridgehead atoms. The number of benzene rings is 1. The molecule has 1 aliphatic rings. The van der Waals surface area contributed by atoms with Crippen LogP contribution in [0.3, 0.4) is 0 Å². The summed E-state index contributed by atoms with van der Waals surface area (Å²) in [6.45, 7) is 0.110. The van der Waals surface area contributed by atoms with Crippen molar-refractivity contribution in [1.29, 1.82) is 0 Å². The first-order chi connectivity index (χ1) is 6.61. The van der Waals surface area contributed by atoms with Crippen molar-refractivity contribution in [3.05, 3.63) is 23.3 Å². The van der Waals surface area contributed by atoms with Crippen molar-refractivity contribution in [2.24, 2.45) is 0 Å². The Kier molecular flexibility index (Phi) is 1.87. The van der Waals surface area contributed by atoms with E-state index in [2.05, 4.69) is 0 Å². The van der Waals surface area contributed by atoms with Crippen LogP contribution < -0.4 is 10.5 Å². The molecule has 0 unspecified atom stereocenters. The molecule has 0 fully saturated rings. The number of Topliss-reactive ketones (excluding diaryl/α,β-unsaturated/α-hetero) is 1. The van der Waals surface area contributed by atoms with Crippen LogP contribution in [0.15, 0.2) is 6.07 Å². The third-order valence-electron chi connectivity index (χ3n) is 2.08. The molecule has 1 aromatic carbocycles. The number of halogens is 2. The van der Waals surface area contributed by atoms with Gasteiger partial charge in [-0.1, -0.05) is 0 Å². The number of hydrogen-bond acceptors (Lipinski definition) is 3. The Morgan fingerprint density at radius 3 is 2.79 bits per heavy atom. The smallest absolute Gasteiger partial charge is 0.173 e. The van der Waals surface area contributed by atoms with Crippen molar-refractivity contribution in [3.63, 3.8) is 0 Å². The Morgan fingerprint density at radius 2 is 2.07 bits per heavy atom. The molecule has 1 heterocycles. The second-order valence-corrected chi connectivity index (χ2v) is 2.98. The molecule has 0 amide bonds. The number of ketones is 1. The van der Waals surface area contributed by atoms with E-state index in [1.807, 2.05) is 0 Å². The first-order valence-electron chi connectivity index (χ1n) is 4.04. The van der Waals surface area contributed by atoms with Gasteiger partial charge in [0.2, 0.25) is 0 Å². The number of nitrogens with two attached hydrogens (primary N) is 1. The van der Waals surface area contributed by atoms with Gasteiger partial charge in [-0.05, 0) is 0 Å². The van der Waals surface area contributed by atoms with E-state index >= 15 is 0 Å². The Hall–Kier alpha value is -1.65. The zero-order valence-corrected chi connectivity index (χ0v) is 7.14. The van der Waals surface area contributed by atoms with Crippen LogP contribution in [-0.4, -0.2) is 12.4 Å². The summed E-state index contributed by atoms with van der Waals surface area (Å²) in [6, 6.07) is 0.598. The molecule has 14 heavy (non-hydrogen) atoms. The minimum atomic E-state index is -0.920. The number of anilines is 1. The van der Waals surface area contributed by atoms with Gasteiger partial charge < -0.3 is 10.5 Å². The first-order valence-corrected chi connectivity index (χ1v) is 4.04. The molecule has 0 radical (unpaired) electrons. The summed E-state index contributed by atoms with van der Waals surface area (Å²) < 4.78 is 31.1. The SMILES string of the molecule is Nc1c(F)cc(F)c2c1OCCC2=O. The summed E-state index contributed by atoms with van der Waals surface area (Å²) in [5.74, 6) is -2.40. The van der Waals surface area contributed by atoms with E-state index in [9.17, 15) is 13.6 Å². The molecule has 0 saturated carbocycles. The average Bonchev–Trinajstić information content (AvgIpc) is 2.14. The zero-order chi connectivity index (χ0) is 10.3. The van der Waals surface area contributed by atoms with Gasteiger partial charge in [0.1, 0.15) is 11.5 Å². The van der Waals surface area contributed by atoms with E-state index < -0.39 is 17.4 Å². The fourth-order valence-corrected chi connectivity index (χ4v) is 1.39. The van der Waals surface area contributed by atoms with Crippen molar-refractivity contribution in [2.75, 3.05) is 12.3 Å². The predicted molar refractivity (Wildman–Crippen MR) is 45.2 cm³/mol. The molecule has 0 aliphatic carbocycles. The maximum atomic E-state index is 13.2. The van der Waals surface area contributed by atoms with E-state index in [1.165, 1.54) is 0 Å². The third kappa shape index (κ3) is 1.13. The molecule has 2 N–H and O–H groups in total. The van der Waals surface area contributed by atoms with E-state index in [4.69, 9.17) is 10.5 Å². The lowest BCUT2D eigenvalue weighted by atomic mass is 10.0. The minimum Gasteiger partial charge on any atom is -0.490 e. The summed E-state index contributed by atoms with van der Waals surface area (Å²) in [6.07, 6.45) is 0.0923. The topological polar surface area (TPSA) is 52.3 Å². The van der Waals surface area contributed by atoms with E-state index in [0.717, 1.165) is 0 Å². The van der Waals surface area contributed by atoms with Crippen LogP contribution in [0.5, 0.6) is 5.75 Å². The molecule has 0 spiro atoms. The highest BCUT2D eigenvalue weighted by atomic mass is 19.1. The van der Waals surface area contributed by atoms with Gasteiger partial charge in [0.05, 0.1) is 12.2 Å². The zero-order valence-electron chi connectivity index (χ0n) is 7.14.